The number of aromatic nitrogens is 4. The molecular formula is C28H22N4Y2-2. The van der Waals surface area contributed by atoms with Crippen molar-refractivity contribution < 1.29 is 65.4 Å². The molecule has 2 heterocycles. The topological polar surface area (TPSA) is 35.6 Å². The summed E-state index contributed by atoms with van der Waals surface area (Å²) in [6.07, 6.45) is 3.89. The predicted molar refractivity (Wildman–Crippen MR) is 128 cm³/mol. The van der Waals surface area contributed by atoms with Crippen LogP contribution >= 0.6 is 0 Å². The quantitative estimate of drug-likeness (QED) is 0.244. The Kier molecular flexibility index (Phi) is 10.3. The van der Waals surface area contributed by atoms with Gasteiger partial charge in [0.1, 0.15) is 0 Å². The SMILES string of the molecule is [Y].[Y].[c-]1cccc2c1cnn2Cc1ccccc1.[c-]1cccc2nn(Cc3ccccc3)cc12. The summed E-state index contributed by atoms with van der Waals surface area (Å²) in [5.74, 6) is 0. The molecule has 0 N–H and O–H groups in total. The van der Waals surface area contributed by atoms with Gasteiger partial charge in [-0.05, 0) is 34.6 Å². The van der Waals surface area contributed by atoms with E-state index >= 15 is 0 Å². The van der Waals surface area contributed by atoms with Gasteiger partial charge in [0.15, 0.2) is 0 Å². The molecule has 34 heavy (non-hydrogen) atoms. The Balaban J connectivity index is 0.000000180. The maximum Gasteiger partial charge on any atom is 0.0558 e. The van der Waals surface area contributed by atoms with Gasteiger partial charge in [0.05, 0.1) is 13.1 Å². The van der Waals surface area contributed by atoms with E-state index in [1.807, 2.05) is 88.5 Å². The molecule has 6 heteroatoms. The molecule has 4 aromatic carbocycles. The van der Waals surface area contributed by atoms with Gasteiger partial charge < -0.3 is 9.36 Å². The number of rotatable bonds is 4. The summed E-state index contributed by atoms with van der Waals surface area (Å²) in [5, 5.41) is 11.0. The summed E-state index contributed by atoms with van der Waals surface area (Å²) in [5.41, 5.74) is 4.65. The smallest absolute Gasteiger partial charge is 0.0558 e. The number of hydrogen-bond donors (Lipinski definition) is 0. The van der Waals surface area contributed by atoms with Gasteiger partial charge in [-0.25, -0.2) is 10.2 Å². The monoisotopic (exact) mass is 592 g/mol. The molecule has 0 unspecified atom stereocenters. The number of nitrogens with zero attached hydrogens (tertiary/aromatic N) is 4. The standard InChI is InChI=1S/2C14H11N2.2Y/c1-2-6-12(7-3-1)11-16-14-9-5-4-8-13(14)10-15-16;1-2-6-12(7-3-1)10-16-11-13-8-4-5-9-14(13)15-16;;/h1-7,9-10H,11H2;1-7,9,11H,10H2;;/q2*-1;;. The zero-order chi connectivity index (χ0) is 21.6. The first kappa shape index (κ1) is 26.6. The van der Waals surface area contributed by atoms with Gasteiger partial charge in [-0.2, -0.15) is 0 Å². The Morgan fingerprint density at radius 2 is 1.26 bits per heavy atom. The normalized spacial score (nSPS) is 10.1. The second kappa shape index (κ2) is 13.2. The van der Waals surface area contributed by atoms with Crippen molar-refractivity contribution in [1.82, 2.24) is 19.6 Å². The summed E-state index contributed by atoms with van der Waals surface area (Å²) in [6.45, 7) is 1.62. The van der Waals surface area contributed by atoms with Crippen molar-refractivity contribution in [3.8, 4) is 0 Å². The van der Waals surface area contributed by atoms with Gasteiger partial charge in [-0.3, -0.25) is 0 Å². The number of fused-ring (bicyclic) bond motifs is 2. The van der Waals surface area contributed by atoms with Crippen LogP contribution in [0.15, 0.2) is 109 Å². The second-order valence-electron chi connectivity index (χ2n) is 7.54. The molecule has 0 fully saturated rings. The van der Waals surface area contributed by atoms with E-state index in [4.69, 9.17) is 0 Å². The molecule has 4 nitrogen and oxygen atoms in total. The maximum absolute atomic E-state index is 4.49. The average molecular weight is 592 g/mol. The minimum atomic E-state index is 0. The third kappa shape index (κ3) is 6.79. The zero-order valence-electron chi connectivity index (χ0n) is 18.8. The molecule has 0 aliphatic heterocycles. The summed E-state index contributed by atoms with van der Waals surface area (Å²) < 4.78 is 3.96. The first-order chi connectivity index (χ1) is 15.8. The van der Waals surface area contributed by atoms with Crippen molar-refractivity contribution in [1.29, 1.82) is 0 Å². The summed E-state index contributed by atoms with van der Waals surface area (Å²) in [7, 11) is 0. The van der Waals surface area contributed by atoms with Gasteiger partial charge in [0.25, 0.3) is 0 Å². The van der Waals surface area contributed by atoms with E-state index in [-0.39, 0.29) is 65.4 Å². The molecule has 0 saturated carbocycles. The van der Waals surface area contributed by atoms with Crippen LogP contribution in [-0.4, -0.2) is 19.6 Å². The molecule has 6 aromatic rings. The van der Waals surface area contributed by atoms with E-state index in [1.54, 1.807) is 0 Å². The fourth-order valence-corrected chi connectivity index (χ4v) is 3.64. The summed E-state index contributed by atoms with van der Waals surface area (Å²) in [4.78, 5) is 0. The van der Waals surface area contributed by atoms with Crippen LogP contribution < -0.4 is 0 Å². The van der Waals surface area contributed by atoms with Crippen molar-refractivity contribution in [3.05, 3.63) is 133 Å². The largest absolute Gasteiger partial charge is 0.316 e. The van der Waals surface area contributed by atoms with Gasteiger partial charge in [0.2, 0.25) is 0 Å². The minimum absolute atomic E-state index is 0. The van der Waals surface area contributed by atoms with Crippen molar-refractivity contribution in [2.75, 3.05) is 0 Å². The molecule has 162 valence electrons. The van der Waals surface area contributed by atoms with E-state index in [1.165, 1.54) is 11.1 Å². The molecule has 6 rings (SSSR count). The fraction of sp³-hybridized carbons (Fsp3) is 0.0714. The Bertz CT molecular complexity index is 1390. The predicted octanol–water partition coefficient (Wildman–Crippen LogP) is 5.76. The molecule has 0 atom stereocenters. The molecule has 2 radical (unpaired) electrons. The number of benzene rings is 4. The van der Waals surface area contributed by atoms with Crippen molar-refractivity contribution in [2.24, 2.45) is 0 Å². The van der Waals surface area contributed by atoms with Crippen molar-refractivity contribution in [3.63, 3.8) is 0 Å². The van der Waals surface area contributed by atoms with Gasteiger partial charge >= 0.3 is 0 Å². The first-order valence-corrected chi connectivity index (χ1v) is 10.6. The van der Waals surface area contributed by atoms with E-state index in [0.29, 0.717) is 0 Å². The van der Waals surface area contributed by atoms with Crippen molar-refractivity contribution in [2.45, 2.75) is 13.1 Å². The van der Waals surface area contributed by atoms with E-state index < -0.39 is 0 Å². The van der Waals surface area contributed by atoms with Crippen LogP contribution in [0.1, 0.15) is 11.1 Å². The zero-order valence-corrected chi connectivity index (χ0v) is 24.4. The Morgan fingerprint density at radius 3 is 1.94 bits per heavy atom. The van der Waals surface area contributed by atoms with Gasteiger partial charge in [-0.1, -0.05) is 60.7 Å². The summed E-state index contributed by atoms with van der Waals surface area (Å²) in [6, 6.07) is 38.9. The van der Waals surface area contributed by atoms with Crippen LogP contribution in [0.5, 0.6) is 0 Å². The average Bonchev–Trinajstić information content (AvgIpc) is 3.44. The molecule has 2 aromatic heterocycles. The molecule has 0 saturated heterocycles. The second-order valence-corrected chi connectivity index (χ2v) is 7.54. The molecule has 0 amide bonds. The fourth-order valence-electron chi connectivity index (χ4n) is 3.64. The maximum atomic E-state index is 4.49. The molecule has 0 aliphatic rings. The third-order valence-electron chi connectivity index (χ3n) is 5.21. The van der Waals surface area contributed by atoms with Gasteiger partial charge in [-0.15, -0.1) is 59.3 Å². The molecular weight excluding hydrogens is 570 g/mol. The van der Waals surface area contributed by atoms with Crippen molar-refractivity contribution >= 4 is 21.8 Å². The minimum Gasteiger partial charge on any atom is -0.316 e. The van der Waals surface area contributed by atoms with Crippen LogP contribution in [-0.2, 0) is 78.5 Å². The molecule has 0 aliphatic carbocycles. The number of hydrogen-bond acceptors (Lipinski definition) is 2. The first-order valence-electron chi connectivity index (χ1n) is 10.6. The third-order valence-corrected chi connectivity index (χ3v) is 5.21. The van der Waals surface area contributed by atoms with E-state index in [0.717, 1.165) is 34.9 Å². The molecule has 0 bridgehead atoms. The van der Waals surface area contributed by atoms with Crippen LogP contribution in [0.4, 0.5) is 0 Å². The van der Waals surface area contributed by atoms with Crippen LogP contribution in [0.25, 0.3) is 21.8 Å². The Hall–Kier alpha value is -1.97. The Morgan fingerprint density at radius 1 is 0.647 bits per heavy atom. The van der Waals surface area contributed by atoms with E-state index in [2.05, 4.69) is 52.7 Å². The van der Waals surface area contributed by atoms with Crippen LogP contribution in [0.3, 0.4) is 0 Å². The summed E-state index contributed by atoms with van der Waals surface area (Å²) >= 11 is 0. The van der Waals surface area contributed by atoms with Crippen LogP contribution in [0.2, 0.25) is 0 Å². The van der Waals surface area contributed by atoms with Crippen LogP contribution in [0, 0.1) is 12.1 Å². The van der Waals surface area contributed by atoms with Gasteiger partial charge in [0, 0.05) is 65.4 Å². The molecule has 0 spiro atoms. The Labute approximate surface area is 250 Å². The van der Waals surface area contributed by atoms with E-state index in [9.17, 15) is 0 Å².